The number of hydrogen-bond acceptors (Lipinski definition) is 6. The number of carbonyl (C=O) groups is 1. The van der Waals surface area contributed by atoms with Crippen LogP contribution in [0.15, 0.2) is 66.7 Å². The number of nitriles is 1. The van der Waals surface area contributed by atoms with Crippen molar-refractivity contribution in [2.24, 2.45) is 0 Å². The molecule has 0 fully saturated rings. The summed E-state index contributed by atoms with van der Waals surface area (Å²) in [5, 5.41) is 9.60. The van der Waals surface area contributed by atoms with Gasteiger partial charge in [0.1, 0.15) is 11.5 Å². The third-order valence-corrected chi connectivity index (χ3v) is 4.83. The number of carbonyl (C=O) groups excluding carboxylic acids is 1. The van der Waals surface area contributed by atoms with Gasteiger partial charge in [0.25, 0.3) is 0 Å². The zero-order valence-corrected chi connectivity index (χ0v) is 18.8. The van der Waals surface area contributed by atoms with Crippen LogP contribution in [0.5, 0.6) is 23.0 Å². The lowest BCUT2D eigenvalue weighted by atomic mass is 10.0. The number of methoxy groups -OCH3 is 2. The van der Waals surface area contributed by atoms with E-state index in [0.29, 0.717) is 29.4 Å². The zero-order valence-electron chi connectivity index (χ0n) is 18.8. The van der Waals surface area contributed by atoms with Crippen LogP contribution in [-0.2, 0) is 11.2 Å². The Morgan fingerprint density at radius 1 is 0.909 bits per heavy atom. The van der Waals surface area contributed by atoms with Gasteiger partial charge in [-0.25, -0.2) is 0 Å². The van der Waals surface area contributed by atoms with Gasteiger partial charge in [-0.1, -0.05) is 18.2 Å². The van der Waals surface area contributed by atoms with Gasteiger partial charge in [0, 0.05) is 0 Å². The van der Waals surface area contributed by atoms with E-state index in [4.69, 9.17) is 18.9 Å². The van der Waals surface area contributed by atoms with E-state index in [-0.39, 0.29) is 6.42 Å². The summed E-state index contributed by atoms with van der Waals surface area (Å²) in [5.74, 6) is 1.78. The summed E-state index contributed by atoms with van der Waals surface area (Å²) >= 11 is 0. The largest absolute Gasteiger partial charge is 0.497 e. The molecule has 3 aromatic carbocycles. The third-order valence-electron chi connectivity index (χ3n) is 4.83. The van der Waals surface area contributed by atoms with E-state index in [1.807, 2.05) is 43.3 Å². The number of hydrogen-bond donors (Lipinski definition) is 0. The molecule has 168 valence electrons. The quantitative estimate of drug-likeness (QED) is 0.193. The highest BCUT2D eigenvalue weighted by Crippen LogP contribution is 2.30. The maximum atomic E-state index is 12.4. The minimum absolute atomic E-state index is 0.118. The molecule has 0 aromatic heterocycles. The van der Waals surface area contributed by atoms with Crippen LogP contribution in [0.2, 0.25) is 0 Å². The first-order chi connectivity index (χ1) is 16.1. The first-order valence-electron chi connectivity index (χ1n) is 10.4. The van der Waals surface area contributed by atoms with Crippen LogP contribution in [0.1, 0.15) is 23.6 Å². The molecule has 3 rings (SSSR count). The standard InChI is InChI=1S/C27H25NO5/c1-4-32-24-10-5-19(6-11-24)17-27(29)33-25-14-7-20(16-26(25)31-3)15-22(18-28)21-8-12-23(30-2)13-9-21/h5-16H,4,17H2,1-3H3/b22-15-. The van der Waals surface area contributed by atoms with E-state index in [0.717, 1.165) is 22.4 Å². The molecule has 0 heterocycles. The van der Waals surface area contributed by atoms with Gasteiger partial charge in [-0.3, -0.25) is 4.79 Å². The van der Waals surface area contributed by atoms with Crippen molar-refractivity contribution in [2.75, 3.05) is 20.8 Å². The Labute approximate surface area is 193 Å². The average molecular weight is 443 g/mol. The average Bonchev–Trinajstić information content (AvgIpc) is 2.84. The molecule has 6 nitrogen and oxygen atoms in total. The summed E-state index contributed by atoms with van der Waals surface area (Å²) in [5.41, 5.74) is 2.81. The molecular weight excluding hydrogens is 418 g/mol. The Balaban J connectivity index is 1.73. The van der Waals surface area contributed by atoms with Crippen LogP contribution in [0.3, 0.4) is 0 Å². The van der Waals surface area contributed by atoms with Gasteiger partial charge in [-0.2, -0.15) is 5.26 Å². The van der Waals surface area contributed by atoms with Crippen LogP contribution in [0, 0.1) is 11.3 Å². The van der Waals surface area contributed by atoms with Gasteiger partial charge in [-0.15, -0.1) is 0 Å². The normalized spacial score (nSPS) is 10.8. The predicted octanol–water partition coefficient (Wildman–Crippen LogP) is 5.31. The minimum atomic E-state index is -0.406. The van der Waals surface area contributed by atoms with Crippen molar-refractivity contribution in [2.45, 2.75) is 13.3 Å². The van der Waals surface area contributed by atoms with Gasteiger partial charge in [0.05, 0.1) is 38.9 Å². The second-order valence-electron chi connectivity index (χ2n) is 7.04. The van der Waals surface area contributed by atoms with E-state index in [2.05, 4.69) is 6.07 Å². The van der Waals surface area contributed by atoms with Gasteiger partial charge in [0.15, 0.2) is 11.5 Å². The van der Waals surface area contributed by atoms with Crippen molar-refractivity contribution in [3.05, 3.63) is 83.4 Å². The van der Waals surface area contributed by atoms with Crippen molar-refractivity contribution in [3.63, 3.8) is 0 Å². The molecule has 0 spiro atoms. The molecule has 0 atom stereocenters. The summed E-state index contributed by atoms with van der Waals surface area (Å²) in [6.07, 6.45) is 1.86. The highest BCUT2D eigenvalue weighted by atomic mass is 16.6. The summed E-state index contributed by atoms with van der Waals surface area (Å²) in [6, 6.07) is 21.9. The highest BCUT2D eigenvalue weighted by Gasteiger charge is 2.12. The second-order valence-corrected chi connectivity index (χ2v) is 7.04. The van der Waals surface area contributed by atoms with Crippen molar-refractivity contribution in [3.8, 4) is 29.1 Å². The molecule has 0 unspecified atom stereocenters. The molecule has 0 bridgehead atoms. The van der Waals surface area contributed by atoms with Gasteiger partial charge in [-0.05, 0) is 78.2 Å². The molecule has 33 heavy (non-hydrogen) atoms. The number of benzene rings is 3. The van der Waals surface area contributed by atoms with Crippen LogP contribution in [-0.4, -0.2) is 26.8 Å². The minimum Gasteiger partial charge on any atom is -0.497 e. The monoisotopic (exact) mass is 443 g/mol. The summed E-state index contributed by atoms with van der Waals surface area (Å²) in [4.78, 5) is 12.4. The van der Waals surface area contributed by atoms with Gasteiger partial charge in [0.2, 0.25) is 0 Å². The molecule has 0 saturated carbocycles. The molecule has 0 aliphatic rings. The Hall–Kier alpha value is -4.24. The Morgan fingerprint density at radius 3 is 2.21 bits per heavy atom. The van der Waals surface area contributed by atoms with Crippen molar-refractivity contribution < 1.29 is 23.7 Å². The van der Waals surface area contributed by atoms with Crippen LogP contribution in [0.4, 0.5) is 0 Å². The van der Waals surface area contributed by atoms with Gasteiger partial charge < -0.3 is 18.9 Å². The van der Waals surface area contributed by atoms with Crippen molar-refractivity contribution in [1.29, 1.82) is 5.26 Å². The smallest absolute Gasteiger partial charge is 0.315 e. The fraction of sp³-hybridized carbons (Fsp3) is 0.185. The van der Waals surface area contributed by atoms with E-state index < -0.39 is 5.97 Å². The fourth-order valence-electron chi connectivity index (χ4n) is 3.17. The van der Waals surface area contributed by atoms with Crippen molar-refractivity contribution in [1.82, 2.24) is 0 Å². The van der Waals surface area contributed by atoms with Crippen LogP contribution >= 0.6 is 0 Å². The topological polar surface area (TPSA) is 77.8 Å². The summed E-state index contributed by atoms with van der Waals surface area (Å²) in [7, 11) is 3.09. The van der Waals surface area contributed by atoms with E-state index >= 15 is 0 Å². The lowest BCUT2D eigenvalue weighted by Crippen LogP contribution is -2.12. The zero-order chi connectivity index (χ0) is 23.6. The summed E-state index contributed by atoms with van der Waals surface area (Å²) < 4.78 is 21.5. The number of allylic oxidation sites excluding steroid dienone is 1. The highest BCUT2D eigenvalue weighted by molar-refractivity contribution is 5.90. The predicted molar refractivity (Wildman–Crippen MR) is 126 cm³/mol. The SMILES string of the molecule is CCOc1ccc(CC(=O)Oc2ccc(/C=C(/C#N)c3ccc(OC)cc3)cc2OC)cc1. The molecule has 0 saturated heterocycles. The van der Waals surface area contributed by atoms with Gasteiger partial charge >= 0.3 is 5.97 Å². The lowest BCUT2D eigenvalue weighted by Gasteiger charge is -2.11. The Bertz CT molecular complexity index is 1160. The lowest BCUT2D eigenvalue weighted by molar-refractivity contribution is -0.133. The van der Waals surface area contributed by atoms with E-state index in [9.17, 15) is 10.1 Å². The molecule has 0 radical (unpaired) electrons. The third kappa shape index (κ3) is 6.37. The maximum Gasteiger partial charge on any atom is 0.315 e. The van der Waals surface area contributed by atoms with Crippen LogP contribution in [0.25, 0.3) is 11.6 Å². The molecule has 6 heteroatoms. The van der Waals surface area contributed by atoms with Crippen LogP contribution < -0.4 is 18.9 Å². The first-order valence-corrected chi connectivity index (χ1v) is 10.4. The maximum absolute atomic E-state index is 12.4. The number of rotatable bonds is 9. The summed E-state index contributed by atoms with van der Waals surface area (Å²) in [6.45, 7) is 2.50. The number of esters is 1. The molecule has 0 amide bonds. The number of ether oxygens (including phenoxy) is 4. The fourth-order valence-corrected chi connectivity index (χ4v) is 3.17. The molecule has 0 aliphatic heterocycles. The number of nitrogens with zero attached hydrogens (tertiary/aromatic N) is 1. The van der Waals surface area contributed by atoms with E-state index in [1.165, 1.54) is 7.11 Å². The Kier molecular flexibility index (Phi) is 8.09. The molecular formula is C27H25NO5. The molecule has 0 N–H and O–H groups in total. The molecule has 0 aliphatic carbocycles. The molecule has 3 aromatic rings. The Morgan fingerprint density at radius 2 is 1.61 bits per heavy atom. The van der Waals surface area contributed by atoms with Crippen molar-refractivity contribution >= 4 is 17.6 Å². The first kappa shape index (κ1) is 23.4. The van der Waals surface area contributed by atoms with E-state index in [1.54, 1.807) is 43.5 Å². The second kappa shape index (κ2) is 11.4.